The minimum atomic E-state index is -0.244. The summed E-state index contributed by atoms with van der Waals surface area (Å²) in [4.78, 5) is 1.06. The molecule has 0 saturated carbocycles. The van der Waals surface area contributed by atoms with Crippen LogP contribution in [-0.4, -0.2) is 0 Å². The number of benzene rings is 1. The molecule has 1 aromatic heterocycles. The van der Waals surface area contributed by atoms with E-state index in [1.807, 2.05) is 23.6 Å². The number of rotatable bonds is 2. The molecule has 0 radical (unpaired) electrons. The van der Waals surface area contributed by atoms with Crippen molar-refractivity contribution in [2.45, 2.75) is 6.04 Å². The van der Waals surface area contributed by atoms with Crippen molar-refractivity contribution < 1.29 is 0 Å². The van der Waals surface area contributed by atoms with E-state index in [0.29, 0.717) is 10.0 Å². The predicted octanol–water partition coefficient (Wildman–Crippen LogP) is 4.10. The SMILES string of the molecule is N[C@H](c1cccs1)c1c(Cl)cccc1Cl. The fraction of sp³-hybridized carbons (Fsp3) is 0.0909. The Kier molecular flexibility index (Phi) is 3.32. The highest BCUT2D eigenvalue weighted by atomic mass is 35.5. The second kappa shape index (κ2) is 4.54. The lowest BCUT2D eigenvalue weighted by Gasteiger charge is -2.13. The number of nitrogens with two attached hydrogens (primary N) is 1. The van der Waals surface area contributed by atoms with E-state index in [9.17, 15) is 0 Å². The van der Waals surface area contributed by atoms with Gasteiger partial charge in [-0.3, -0.25) is 0 Å². The normalized spacial score (nSPS) is 12.7. The maximum atomic E-state index is 6.10. The van der Waals surface area contributed by atoms with Crippen LogP contribution in [0.25, 0.3) is 0 Å². The molecule has 0 aliphatic carbocycles. The summed E-state index contributed by atoms with van der Waals surface area (Å²) in [7, 11) is 0. The van der Waals surface area contributed by atoms with E-state index >= 15 is 0 Å². The fourth-order valence-electron chi connectivity index (χ4n) is 1.42. The zero-order chi connectivity index (χ0) is 10.8. The van der Waals surface area contributed by atoms with Crippen molar-refractivity contribution >= 4 is 34.5 Å². The van der Waals surface area contributed by atoms with Gasteiger partial charge in [0.25, 0.3) is 0 Å². The third-order valence-electron chi connectivity index (χ3n) is 2.16. The number of hydrogen-bond acceptors (Lipinski definition) is 2. The van der Waals surface area contributed by atoms with Crippen LogP contribution in [-0.2, 0) is 0 Å². The minimum absolute atomic E-state index is 0.244. The van der Waals surface area contributed by atoms with Crippen molar-refractivity contribution in [3.63, 3.8) is 0 Å². The van der Waals surface area contributed by atoms with Crippen molar-refractivity contribution in [3.8, 4) is 0 Å². The molecule has 78 valence electrons. The first-order chi connectivity index (χ1) is 7.20. The second-order valence-electron chi connectivity index (χ2n) is 3.13. The van der Waals surface area contributed by atoms with Crippen LogP contribution in [0.15, 0.2) is 35.7 Å². The van der Waals surface area contributed by atoms with Crippen LogP contribution in [0.2, 0.25) is 10.0 Å². The minimum Gasteiger partial charge on any atom is -0.320 e. The molecule has 0 aliphatic rings. The molecular formula is C11H9Cl2NS. The Balaban J connectivity index is 2.46. The lowest BCUT2D eigenvalue weighted by atomic mass is 10.1. The Hall–Kier alpha value is -0.540. The average molecular weight is 258 g/mol. The molecule has 0 saturated heterocycles. The Morgan fingerprint density at radius 3 is 2.27 bits per heavy atom. The van der Waals surface area contributed by atoms with E-state index in [4.69, 9.17) is 28.9 Å². The molecule has 2 N–H and O–H groups in total. The average Bonchev–Trinajstić information content (AvgIpc) is 2.69. The highest BCUT2D eigenvalue weighted by Gasteiger charge is 2.16. The Labute approximate surface area is 102 Å². The van der Waals surface area contributed by atoms with Gasteiger partial charge in [0.2, 0.25) is 0 Å². The van der Waals surface area contributed by atoms with Gasteiger partial charge in [-0.1, -0.05) is 35.3 Å². The Morgan fingerprint density at radius 2 is 1.73 bits per heavy atom. The molecule has 2 rings (SSSR count). The van der Waals surface area contributed by atoms with Crippen LogP contribution in [0.1, 0.15) is 16.5 Å². The maximum Gasteiger partial charge on any atom is 0.0675 e. The van der Waals surface area contributed by atoms with E-state index in [1.165, 1.54) is 0 Å². The van der Waals surface area contributed by atoms with Gasteiger partial charge >= 0.3 is 0 Å². The molecule has 15 heavy (non-hydrogen) atoms. The predicted molar refractivity (Wildman–Crippen MR) is 66.8 cm³/mol. The standard InChI is InChI=1S/C11H9Cl2NS/c12-7-3-1-4-8(13)10(7)11(14)9-5-2-6-15-9/h1-6,11H,14H2/t11-/m1/s1. The van der Waals surface area contributed by atoms with Gasteiger partial charge in [-0.25, -0.2) is 0 Å². The molecule has 0 aliphatic heterocycles. The van der Waals surface area contributed by atoms with E-state index in [2.05, 4.69) is 0 Å². The molecule has 0 amide bonds. The molecular weight excluding hydrogens is 249 g/mol. The molecule has 0 bridgehead atoms. The fourth-order valence-corrected chi connectivity index (χ4v) is 2.79. The summed E-state index contributed by atoms with van der Waals surface area (Å²) in [5.41, 5.74) is 6.90. The summed E-state index contributed by atoms with van der Waals surface area (Å²) in [6.45, 7) is 0. The monoisotopic (exact) mass is 257 g/mol. The van der Waals surface area contributed by atoms with Gasteiger partial charge in [-0.15, -0.1) is 11.3 Å². The highest BCUT2D eigenvalue weighted by molar-refractivity contribution is 7.10. The van der Waals surface area contributed by atoms with Crippen LogP contribution in [0.4, 0.5) is 0 Å². The first-order valence-electron chi connectivity index (χ1n) is 4.43. The molecule has 0 unspecified atom stereocenters. The first-order valence-corrected chi connectivity index (χ1v) is 6.06. The van der Waals surface area contributed by atoms with Crippen LogP contribution >= 0.6 is 34.5 Å². The van der Waals surface area contributed by atoms with Crippen molar-refractivity contribution in [3.05, 3.63) is 56.2 Å². The molecule has 1 heterocycles. The molecule has 0 fully saturated rings. The lowest BCUT2D eigenvalue weighted by Crippen LogP contribution is -2.11. The largest absolute Gasteiger partial charge is 0.320 e. The van der Waals surface area contributed by atoms with Gasteiger partial charge in [0, 0.05) is 20.5 Å². The van der Waals surface area contributed by atoms with Gasteiger partial charge in [0.1, 0.15) is 0 Å². The number of thiophene rings is 1. The third-order valence-corrected chi connectivity index (χ3v) is 3.77. The van der Waals surface area contributed by atoms with Crippen LogP contribution < -0.4 is 5.73 Å². The van der Waals surface area contributed by atoms with Crippen LogP contribution in [0.3, 0.4) is 0 Å². The topological polar surface area (TPSA) is 26.0 Å². The maximum absolute atomic E-state index is 6.10. The van der Waals surface area contributed by atoms with Crippen molar-refractivity contribution in [1.82, 2.24) is 0 Å². The van der Waals surface area contributed by atoms with Gasteiger partial charge in [-0.05, 0) is 23.6 Å². The first kappa shape index (κ1) is 11.0. The summed E-state index contributed by atoms with van der Waals surface area (Å²) in [5, 5.41) is 3.21. The van der Waals surface area contributed by atoms with Crippen molar-refractivity contribution in [2.24, 2.45) is 5.73 Å². The zero-order valence-electron chi connectivity index (χ0n) is 7.78. The second-order valence-corrected chi connectivity index (χ2v) is 4.92. The summed E-state index contributed by atoms with van der Waals surface area (Å²) in [5.74, 6) is 0. The van der Waals surface area contributed by atoms with E-state index in [-0.39, 0.29) is 6.04 Å². The summed E-state index contributed by atoms with van der Waals surface area (Å²) >= 11 is 13.8. The molecule has 2 aromatic rings. The Morgan fingerprint density at radius 1 is 1.07 bits per heavy atom. The van der Waals surface area contributed by atoms with Crippen molar-refractivity contribution in [2.75, 3.05) is 0 Å². The van der Waals surface area contributed by atoms with E-state index in [1.54, 1.807) is 23.5 Å². The van der Waals surface area contributed by atoms with Crippen molar-refractivity contribution in [1.29, 1.82) is 0 Å². The summed E-state index contributed by atoms with van der Waals surface area (Å²) in [6.07, 6.45) is 0. The van der Waals surface area contributed by atoms with Gasteiger partial charge in [0.05, 0.1) is 6.04 Å². The van der Waals surface area contributed by atoms with Gasteiger partial charge in [0.15, 0.2) is 0 Å². The van der Waals surface area contributed by atoms with Gasteiger partial charge in [-0.2, -0.15) is 0 Å². The molecule has 1 atom stereocenters. The van der Waals surface area contributed by atoms with Crippen LogP contribution in [0, 0.1) is 0 Å². The zero-order valence-corrected chi connectivity index (χ0v) is 10.1. The van der Waals surface area contributed by atoms with Crippen LogP contribution in [0.5, 0.6) is 0 Å². The molecule has 1 nitrogen and oxygen atoms in total. The summed E-state index contributed by atoms with van der Waals surface area (Å²) in [6, 6.07) is 9.12. The van der Waals surface area contributed by atoms with E-state index in [0.717, 1.165) is 10.4 Å². The van der Waals surface area contributed by atoms with Gasteiger partial charge < -0.3 is 5.73 Å². The quantitative estimate of drug-likeness (QED) is 0.862. The van der Waals surface area contributed by atoms with E-state index < -0.39 is 0 Å². The molecule has 0 spiro atoms. The Bertz CT molecular complexity index is 433. The lowest BCUT2D eigenvalue weighted by molar-refractivity contribution is 0.894. The number of halogens is 2. The third kappa shape index (κ3) is 2.18. The summed E-state index contributed by atoms with van der Waals surface area (Å²) < 4.78 is 0. The highest BCUT2D eigenvalue weighted by Crippen LogP contribution is 2.33. The number of hydrogen-bond donors (Lipinski definition) is 1. The smallest absolute Gasteiger partial charge is 0.0675 e. The molecule has 1 aromatic carbocycles. The molecule has 4 heteroatoms.